The summed E-state index contributed by atoms with van der Waals surface area (Å²) in [6.45, 7) is 2.02. The zero-order valence-electron chi connectivity index (χ0n) is 15.3. The largest absolute Gasteiger partial charge is 0.350 e. The van der Waals surface area contributed by atoms with Crippen molar-refractivity contribution in [3.63, 3.8) is 0 Å². The molecule has 1 aromatic heterocycles. The van der Waals surface area contributed by atoms with Crippen molar-refractivity contribution in [2.24, 2.45) is 5.92 Å². The Kier molecular flexibility index (Phi) is 5.43. The van der Waals surface area contributed by atoms with Gasteiger partial charge in [-0.3, -0.25) is 14.3 Å². The Hall–Kier alpha value is -2.58. The third kappa shape index (κ3) is 4.14. The van der Waals surface area contributed by atoms with Gasteiger partial charge in [0.05, 0.1) is 37.6 Å². The molecule has 0 saturated heterocycles. The van der Waals surface area contributed by atoms with Gasteiger partial charge >= 0.3 is 6.03 Å². The highest BCUT2D eigenvalue weighted by Gasteiger charge is 2.26. The van der Waals surface area contributed by atoms with E-state index in [0.29, 0.717) is 26.2 Å². The first-order chi connectivity index (χ1) is 12.4. The van der Waals surface area contributed by atoms with Gasteiger partial charge in [-0.15, -0.1) is 0 Å². The van der Waals surface area contributed by atoms with Gasteiger partial charge in [-0.25, -0.2) is 4.79 Å². The number of aromatic nitrogens is 2. The molecule has 142 valence electrons. The van der Waals surface area contributed by atoms with Crippen LogP contribution >= 0.6 is 0 Å². The maximum atomic E-state index is 12.3. The zero-order valence-corrected chi connectivity index (χ0v) is 15.3. The number of carbonyl (C=O) groups excluding carboxylic acids is 3. The molecule has 2 N–H and O–H groups in total. The van der Waals surface area contributed by atoms with Crippen LogP contribution in [0.3, 0.4) is 0 Å². The topological polar surface area (TPSA) is 99.6 Å². The summed E-state index contributed by atoms with van der Waals surface area (Å²) < 4.78 is 1.88. The second kappa shape index (κ2) is 7.76. The van der Waals surface area contributed by atoms with E-state index in [1.165, 1.54) is 4.90 Å². The fraction of sp³-hybridized carbons (Fsp3) is 0.647. The zero-order chi connectivity index (χ0) is 18.7. The van der Waals surface area contributed by atoms with Crippen LogP contribution in [0.1, 0.15) is 30.7 Å². The van der Waals surface area contributed by atoms with E-state index in [-0.39, 0.29) is 30.3 Å². The van der Waals surface area contributed by atoms with Crippen LogP contribution in [0.4, 0.5) is 4.79 Å². The molecule has 0 spiro atoms. The Morgan fingerprint density at radius 1 is 1.23 bits per heavy atom. The molecule has 0 unspecified atom stereocenters. The van der Waals surface area contributed by atoms with E-state index in [2.05, 4.69) is 15.7 Å². The highest BCUT2D eigenvalue weighted by Crippen LogP contribution is 2.26. The van der Waals surface area contributed by atoms with Crippen molar-refractivity contribution in [2.45, 2.75) is 38.9 Å². The van der Waals surface area contributed by atoms with E-state index in [0.717, 1.165) is 30.7 Å². The average Bonchev–Trinajstić information content (AvgIpc) is 2.97. The highest BCUT2D eigenvalue weighted by atomic mass is 16.2. The predicted molar refractivity (Wildman–Crippen MR) is 93.9 cm³/mol. The minimum Gasteiger partial charge on any atom is -0.350 e. The van der Waals surface area contributed by atoms with Crippen molar-refractivity contribution in [3.05, 3.63) is 17.5 Å². The van der Waals surface area contributed by atoms with Gasteiger partial charge in [-0.2, -0.15) is 5.10 Å². The van der Waals surface area contributed by atoms with Gasteiger partial charge in [-0.1, -0.05) is 6.42 Å². The van der Waals surface area contributed by atoms with Gasteiger partial charge in [-0.05, 0) is 18.9 Å². The monoisotopic (exact) mass is 362 g/mol. The number of fused-ring (bicyclic) bond motifs is 1. The molecule has 2 aliphatic rings. The Balaban J connectivity index is 1.50. The summed E-state index contributed by atoms with van der Waals surface area (Å²) in [6.07, 6.45) is 3.09. The van der Waals surface area contributed by atoms with E-state index >= 15 is 0 Å². The summed E-state index contributed by atoms with van der Waals surface area (Å²) in [5, 5.41) is 10.0. The van der Waals surface area contributed by atoms with Gasteiger partial charge in [0, 0.05) is 26.6 Å². The van der Waals surface area contributed by atoms with Crippen molar-refractivity contribution in [1.82, 2.24) is 30.2 Å². The molecule has 9 nitrogen and oxygen atoms in total. The van der Waals surface area contributed by atoms with Gasteiger partial charge < -0.3 is 20.4 Å². The number of hydrogen-bond donors (Lipinski definition) is 2. The fourth-order valence-corrected chi connectivity index (χ4v) is 3.04. The van der Waals surface area contributed by atoms with Gasteiger partial charge in [0.15, 0.2) is 0 Å². The normalized spacial score (nSPS) is 16.5. The van der Waals surface area contributed by atoms with Crippen LogP contribution in [0, 0.1) is 5.92 Å². The number of carbonyl (C=O) groups is 3. The van der Waals surface area contributed by atoms with E-state index in [4.69, 9.17) is 0 Å². The van der Waals surface area contributed by atoms with Crippen molar-refractivity contribution >= 4 is 17.8 Å². The Bertz CT molecular complexity index is 695. The van der Waals surface area contributed by atoms with E-state index in [9.17, 15) is 14.4 Å². The minimum absolute atomic E-state index is 0.0184. The van der Waals surface area contributed by atoms with Crippen molar-refractivity contribution < 1.29 is 14.4 Å². The molecule has 0 bridgehead atoms. The number of urea groups is 1. The molecule has 1 aromatic rings. The van der Waals surface area contributed by atoms with E-state index in [1.807, 2.05) is 10.7 Å². The third-order valence-electron chi connectivity index (χ3n) is 4.92. The van der Waals surface area contributed by atoms with Crippen molar-refractivity contribution in [2.75, 3.05) is 27.2 Å². The maximum Gasteiger partial charge on any atom is 0.317 e. The van der Waals surface area contributed by atoms with E-state index in [1.54, 1.807) is 19.0 Å². The minimum atomic E-state index is -0.287. The fourth-order valence-electron chi connectivity index (χ4n) is 3.04. The Morgan fingerprint density at radius 3 is 2.65 bits per heavy atom. The first-order valence-electron chi connectivity index (χ1n) is 9.00. The number of nitrogens with one attached hydrogen (secondary N) is 2. The summed E-state index contributed by atoms with van der Waals surface area (Å²) in [6, 6.07) is 1.64. The Labute approximate surface area is 152 Å². The molecular formula is C17H26N6O3. The van der Waals surface area contributed by atoms with Crippen LogP contribution < -0.4 is 10.6 Å². The summed E-state index contributed by atoms with van der Waals surface area (Å²) in [7, 11) is 3.26. The summed E-state index contributed by atoms with van der Waals surface area (Å²) in [4.78, 5) is 38.8. The molecule has 9 heteroatoms. The van der Waals surface area contributed by atoms with Crippen LogP contribution in [-0.4, -0.2) is 64.6 Å². The molecule has 1 fully saturated rings. The van der Waals surface area contributed by atoms with E-state index < -0.39 is 0 Å². The molecule has 1 saturated carbocycles. The molecule has 2 heterocycles. The second-order valence-electron chi connectivity index (χ2n) is 7.06. The maximum absolute atomic E-state index is 12.3. The number of rotatable bonds is 5. The lowest BCUT2D eigenvalue weighted by Gasteiger charge is -2.28. The molecule has 0 radical (unpaired) electrons. The van der Waals surface area contributed by atoms with Crippen LogP contribution in [0.2, 0.25) is 0 Å². The number of hydrogen-bond acceptors (Lipinski definition) is 4. The molecular weight excluding hydrogens is 336 g/mol. The molecule has 26 heavy (non-hydrogen) atoms. The standard InChI is InChI=1S/C17H26N6O3/c1-21(2)17(26)19-10-15(24)22-6-7-23-14(11-22)8-13(20-23)9-18-16(25)12-4-3-5-12/h8,12H,3-7,9-11H2,1-2H3,(H,18,25)(H,19,26). The third-order valence-corrected chi connectivity index (χ3v) is 4.92. The van der Waals surface area contributed by atoms with Crippen molar-refractivity contribution in [1.29, 1.82) is 0 Å². The lowest BCUT2D eigenvalue weighted by Crippen LogP contribution is -2.45. The summed E-state index contributed by atoms with van der Waals surface area (Å²) in [5.74, 6) is 0.154. The SMILES string of the molecule is CN(C)C(=O)NCC(=O)N1CCn2nc(CNC(=O)C3CCC3)cc2C1. The molecule has 1 aliphatic carbocycles. The van der Waals surface area contributed by atoms with Gasteiger partial charge in [0.2, 0.25) is 11.8 Å². The quantitative estimate of drug-likeness (QED) is 0.765. The predicted octanol–water partition coefficient (Wildman–Crippen LogP) is -0.0872. The second-order valence-corrected chi connectivity index (χ2v) is 7.06. The smallest absolute Gasteiger partial charge is 0.317 e. The van der Waals surface area contributed by atoms with Crippen LogP contribution in [-0.2, 0) is 29.2 Å². The number of amides is 4. The molecule has 3 rings (SSSR count). The Morgan fingerprint density at radius 2 is 2.00 bits per heavy atom. The summed E-state index contributed by atoms with van der Waals surface area (Å²) in [5.41, 5.74) is 1.75. The number of nitrogens with zero attached hydrogens (tertiary/aromatic N) is 4. The molecule has 1 aliphatic heterocycles. The summed E-state index contributed by atoms with van der Waals surface area (Å²) >= 11 is 0. The first-order valence-corrected chi connectivity index (χ1v) is 9.00. The average molecular weight is 362 g/mol. The van der Waals surface area contributed by atoms with Crippen molar-refractivity contribution in [3.8, 4) is 0 Å². The van der Waals surface area contributed by atoms with Crippen LogP contribution in [0.25, 0.3) is 0 Å². The molecule has 4 amide bonds. The first kappa shape index (κ1) is 18.2. The lowest BCUT2D eigenvalue weighted by atomic mass is 9.85. The van der Waals surface area contributed by atoms with Crippen LogP contribution in [0.5, 0.6) is 0 Å². The van der Waals surface area contributed by atoms with Gasteiger partial charge in [0.1, 0.15) is 0 Å². The van der Waals surface area contributed by atoms with Crippen LogP contribution in [0.15, 0.2) is 6.07 Å². The molecule has 0 aromatic carbocycles. The highest BCUT2D eigenvalue weighted by molar-refractivity contribution is 5.83. The van der Waals surface area contributed by atoms with Gasteiger partial charge in [0.25, 0.3) is 0 Å². The lowest BCUT2D eigenvalue weighted by molar-refractivity contribution is -0.131. The molecule has 0 atom stereocenters.